The van der Waals surface area contributed by atoms with Crippen molar-refractivity contribution in [3.05, 3.63) is 70.9 Å². The maximum atomic E-state index is 13.4. The lowest BCUT2D eigenvalue weighted by Crippen LogP contribution is -2.38. The highest BCUT2D eigenvalue weighted by molar-refractivity contribution is 6.09. The van der Waals surface area contributed by atoms with Crippen LogP contribution in [0.1, 0.15) is 65.6 Å². The quantitative estimate of drug-likeness (QED) is 0.524. The van der Waals surface area contributed by atoms with Gasteiger partial charge in [0.25, 0.3) is 5.91 Å². The molecule has 2 saturated heterocycles. The van der Waals surface area contributed by atoms with E-state index in [-0.39, 0.29) is 17.7 Å². The Morgan fingerprint density at radius 1 is 1.00 bits per heavy atom. The topological polar surface area (TPSA) is 91.0 Å². The van der Waals surface area contributed by atoms with E-state index in [0.29, 0.717) is 24.6 Å². The van der Waals surface area contributed by atoms with Crippen LogP contribution < -0.4 is 11.1 Å². The van der Waals surface area contributed by atoms with Crippen molar-refractivity contribution in [3.63, 3.8) is 0 Å². The summed E-state index contributed by atoms with van der Waals surface area (Å²) in [4.78, 5) is 34.7. The molecule has 7 heteroatoms. The molecule has 0 aromatic heterocycles. The van der Waals surface area contributed by atoms with Crippen LogP contribution in [0.5, 0.6) is 0 Å². The Bertz CT molecular complexity index is 1170. The number of allylic oxidation sites excluding steroid dienone is 1. The summed E-state index contributed by atoms with van der Waals surface area (Å²) in [5.74, 6) is 0.547. The molecule has 3 N–H and O–H groups in total. The van der Waals surface area contributed by atoms with Crippen molar-refractivity contribution in [1.82, 2.24) is 9.80 Å². The number of hydrogen-bond acceptors (Lipinski definition) is 5. The Morgan fingerprint density at radius 2 is 1.66 bits per heavy atom. The van der Waals surface area contributed by atoms with Gasteiger partial charge in [0.1, 0.15) is 0 Å². The summed E-state index contributed by atoms with van der Waals surface area (Å²) in [5, 5.41) is 3.12. The minimum absolute atomic E-state index is 0.0297. The standard InChI is InChI=1S/C31H41N5O2/c1-4-35-15-11-26(12-16-35)30(37)34-29-19-27(6-5-22(29)2)31(38)36-17-13-25(14-18-36)23-7-9-24(10-8-23)28(20-32)21-33-3/h5-10,19-21,25-26H,4,11-18,32H2,1-3H3,(H,34,37). The molecule has 0 unspecified atom stereocenters. The smallest absolute Gasteiger partial charge is 0.253 e. The number of piperidine rings is 2. The fourth-order valence-electron chi connectivity index (χ4n) is 5.53. The Kier molecular flexibility index (Phi) is 9.34. The van der Waals surface area contributed by atoms with Crippen molar-refractivity contribution in [3.8, 4) is 0 Å². The van der Waals surface area contributed by atoms with Gasteiger partial charge in [-0.2, -0.15) is 0 Å². The zero-order valence-corrected chi connectivity index (χ0v) is 23.0. The lowest BCUT2D eigenvalue weighted by Gasteiger charge is -2.32. The summed E-state index contributed by atoms with van der Waals surface area (Å²) < 4.78 is 0. The van der Waals surface area contributed by atoms with Crippen molar-refractivity contribution < 1.29 is 9.59 Å². The number of likely N-dealkylation sites (tertiary alicyclic amines) is 2. The van der Waals surface area contributed by atoms with Crippen molar-refractivity contribution in [2.75, 3.05) is 45.1 Å². The number of anilines is 1. The number of aryl methyl sites for hydroxylation is 1. The summed E-state index contributed by atoms with van der Waals surface area (Å²) in [6.45, 7) is 8.52. The predicted octanol–water partition coefficient (Wildman–Crippen LogP) is 4.69. The van der Waals surface area contributed by atoms with E-state index in [1.165, 1.54) is 5.56 Å². The minimum Gasteiger partial charge on any atom is -0.404 e. The number of amides is 2. The van der Waals surface area contributed by atoms with Gasteiger partial charge in [0.2, 0.25) is 5.91 Å². The molecule has 0 spiro atoms. The van der Waals surface area contributed by atoms with Crippen LogP contribution in [0.15, 0.2) is 53.7 Å². The zero-order valence-electron chi connectivity index (χ0n) is 23.0. The molecule has 2 aliphatic heterocycles. The van der Waals surface area contributed by atoms with E-state index in [1.807, 2.05) is 30.0 Å². The van der Waals surface area contributed by atoms with Gasteiger partial charge < -0.3 is 20.9 Å². The number of benzene rings is 2. The lowest BCUT2D eigenvalue weighted by molar-refractivity contribution is -0.121. The fourth-order valence-corrected chi connectivity index (χ4v) is 5.53. The van der Waals surface area contributed by atoms with Crippen LogP contribution in [0.25, 0.3) is 5.57 Å². The maximum absolute atomic E-state index is 13.4. The number of nitrogens with zero attached hydrogens (tertiary/aromatic N) is 3. The molecule has 0 radical (unpaired) electrons. The van der Waals surface area contributed by atoms with Gasteiger partial charge in [0.15, 0.2) is 0 Å². The molecule has 0 atom stereocenters. The Balaban J connectivity index is 1.35. The van der Waals surface area contributed by atoms with Crippen LogP contribution in [0.2, 0.25) is 0 Å². The average molecular weight is 516 g/mol. The largest absolute Gasteiger partial charge is 0.404 e. The molecule has 202 valence electrons. The fraction of sp³-hybridized carbons (Fsp3) is 0.452. The van der Waals surface area contributed by atoms with Crippen LogP contribution >= 0.6 is 0 Å². The first-order valence-corrected chi connectivity index (χ1v) is 13.8. The van der Waals surface area contributed by atoms with Gasteiger partial charge in [-0.15, -0.1) is 0 Å². The van der Waals surface area contributed by atoms with E-state index in [9.17, 15) is 9.59 Å². The highest BCUT2D eigenvalue weighted by atomic mass is 16.2. The van der Waals surface area contributed by atoms with Crippen LogP contribution in [0.4, 0.5) is 5.69 Å². The van der Waals surface area contributed by atoms with E-state index < -0.39 is 0 Å². The molecule has 2 aromatic rings. The van der Waals surface area contributed by atoms with Gasteiger partial charge in [0, 0.05) is 55.3 Å². The van der Waals surface area contributed by atoms with E-state index in [4.69, 9.17) is 5.73 Å². The number of hydrogen-bond donors (Lipinski definition) is 2. The third-order valence-electron chi connectivity index (χ3n) is 8.09. The Morgan fingerprint density at radius 3 is 2.26 bits per heavy atom. The normalized spacial score (nSPS) is 18.2. The Labute approximate surface area is 226 Å². The molecular formula is C31H41N5O2. The molecule has 38 heavy (non-hydrogen) atoms. The van der Waals surface area contributed by atoms with Gasteiger partial charge in [-0.1, -0.05) is 37.3 Å². The minimum atomic E-state index is 0.0297. The number of nitrogens with two attached hydrogens (primary N) is 1. The summed E-state index contributed by atoms with van der Waals surface area (Å²) in [7, 11) is 1.73. The second-order valence-corrected chi connectivity index (χ2v) is 10.4. The maximum Gasteiger partial charge on any atom is 0.253 e. The first kappa shape index (κ1) is 27.6. The van der Waals surface area contributed by atoms with Gasteiger partial charge in [-0.05, 0) is 87.0 Å². The number of nitrogens with one attached hydrogen (secondary N) is 1. The number of carbonyl (C=O) groups excluding carboxylic acids is 2. The molecule has 2 aromatic carbocycles. The van der Waals surface area contributed by atoms with E-state index in [1.54, 1.807) is 19.5 Å². The van der Waals surface area contributed by atoms with E-state index in [2.05, 4.69) is 46.4 Å². The molecule has 0 saturated carbocycles. The monoisotopic (exact) mass is 515 g/mol. The number of rotatable bonds is 7. The summed E-state index contributed by atoms with van der Waals surface area (Å²) in [6.07, 6.45) is 6.95. The SMILES string of the molecule is CCN1CCC(C(=O)Nc2cc(C(=O)N3CCC(c4ccc(C(C=NC)=CN)cc4)CC3)ccc2C)CC1. The van der Waals surface area contributed by atoms with Crippen molar-refractivity contribution >= 4 is 29.3 Å². The van der Waals surface area contributed by atoms with Crippen molar-refractivity contribution in [2.24, 2.45) is 16.6 Å². The molecule has 7 nitrogen and oxygen atoms in total. The number of carbonyl (C=O) groups is 2. The molecule has 4 rings (SSSR count). The molecule has 2 aliphatic rings. The summed E-state index contributed by atoms with van der Waals surface area (Å²) in [6, 6.07) is 14.1. The second-order valence-electron chi connectivity index (χ2n) is 10.4. The molecule has 2 fully saturated rings. The van der Waals surface area contributed by atoms with Crippen molar-refractivity contribution in [2.45, 2.75) is 45.4 Å². The first-order valence-electron chi connectivity index (χ1n) is 13.8. The summed E-state index contributed by atoms with van der Waals surface area (Å²) in [5.41, 5.74) is 11.3. The third-order valence-corrected chi connectivity index (χ3v) is 8.09. The number of aliphatic imine (C=N–C) groups is 1. The molecule has 2 heterocycles. The van der Waals surface area contributed by atoms with Gasteiger partial charge in [0.05, 0.1) is 0 Å². The molecule has 2 amide bonds. The molecular weight excluding hydrogens is 474 g/mol. The van der Waals surface area contributed by atoms with Gasteiger partial charge in [-0.3, -0.25) is 14.6 Å². The van der Waals surface area contributed by atoms with Crippen molar-refractivity contribution in [1.29, 1.82) is 0 Å². The predicted molar refractivity (Wildman–Crippen MR) is 156 cm³/mol. The van der Waals surface area contributed by atoms with Crippen LogP contribution in [-0.2, 0) is 4.79 Å². The van der Waals surface area contributed by atoms with Crippen LogP contribution in [0.3, 0.4) is 0 Å². The van der Waals surface area contributed by atoms with Crippen LogP contribution in [-0.4, -0.2) is 67.6 Å². The average Bonchev–Trinajstić information content (AvgIpc) is 2.97. The highest BCUT2D eigenvalue weighted by Gasteiger charge is 2.27. The highest BCUT2D eigenvalue weighted by Crippen LogP contribution is 2.30. The lowest BCUT2D eigenvalue weighted by atomic mass is 9.88. The first-order chi connectivity index (χ1) is 18.4. The summed E-state index contributed by atoms with van der Waals surface area (Å²) >= 11 is 0. The molecule has 0 aliphatic carbocycles. The van der Waals surface area contributed by atoms with Gasteiger partial charge >= 0.3 is 0 Å². The zero-order chi connectivity index (χ0) is 27.1. The molecule has 0 bridgehead atoms. The van der Waals surface area contributed by atoms with E-state index in [0.717, 1.165) is 67.7 Å². The Hall–Kier alpha value is -3.45. The van der Waals surface area contributed by atoms with Gasteiger partial charge in [-0.25, -0.2) is 0 Å². The van der Waals surface area contributed by atoms with Crippen LogP contribution in [0, 0.1) is 12.8 Å². The second kappa shape index (κ2) is 12.9. The van der Waals surface area contributed by atoms with E-state index >= 15 is 0 Å². The third kappa shape index (κ3) is 6.51.